The highest BCUT2D eigenvalue weighted by Crippen LogP contribution is 2.45. The summed E-state index contributed by atoms with van der Waals surface area (Å²) >= 11 is 0. The highest BCUT2D eigenvalue weighted by molar-refractivity contribution is 5.19. The predicted molar refractivity (Wildman–Crippen MR) is 57.6 cm³/mol. The SMILES string of the molecule is COCC[C@@]12C=C[C@@H](O1)[C@H](C)[C@H](O)[C@@H]2C. The van der Waals surface area contributed by atoms with Crippen LogP contribution in [0.15, 0.2) is 12.2 Å². The van der Waals surface area contributed by atoms with Gasteiger partial charge in [-0.1, -0.05) is 26.0 Å². The van der Waals surface area contributed by atoms with Crippen molar-refractivity contribution in [1.29, 1.82) is 0 Å². The second-order valence-electron chi connectivity index (χ2n) is 4.78. The van der Waals surface area contributed by atoms with E-state index in [1.54, 1.807) is 7.11 Å². The van der Waals surface area contributed by atoms with Gasteiger partial charge in [0.2, 0.25) is 0 Å². The van der Waals surface area contributed by atoms with Crippen LogP contribution in [0.2, 0.25) is 0 Å². The molecule has 86 valence electrons. The molecule has 2 bridgehead atoms. The fraction of sp³-hybridized carbons (Fsp3) is 0.833. The molecule has 5 atom stereocenters. The van der Waals surface area contributed by atoms with Gasteiger partial charge in [0.05, 0.1) is 17.8 Å². The van der Waals surface area contributed by atoms with Crippen LogP contribution in [0.5, 0.6) is 0 Å². The Kier molecular flexibility index (Phi) is 2.88. The maximum absolute atomic E-state index is 10.1. The number of fused-ring (bicyclic) bond motifs is 2. The zero-order valence-corrected chi connectivity index (χ0v) is 9.64. The summed E-state index contributed by atoms with van der Waals surface area (Å²) in [4.78, 5) is 0. The van der Waals surface area contributed by atoms with Gasteiger partial charge in [-0.3, -0.25) is 0 Å². The van der Waals surface area contributed by atoms with Crippen LogP contribution in [0.3, 0.4) is 0 Å². The minimum atomic E-state index is -0.299. The number of aliphatic hydroxyl groups excluding tert-OH is 1. The lowest BCUT2D eigenvalue weighted by molar-refractivity contribution is -0.177. The third-order valence-corrected chi connectivity index (χ3v) is 3.96. The van der Waals surface area contributed by atoms with Crippen molar-refractivity contribution in [1.82, 2.24) is 0 Å². The number of methoxy groups -OCH3 is 1. The molecule has 1 N–H and O–H groups in total. The van der Waals surface area contributed by atoms with E-state index in [0.29, 0.717) is 6.61 Å². The first-order valence-electron chi connectivity index (χ1n) is 5.65. The molecule has 0 aromatic carbocycles. The van der Waals surface area contributed by atoms with E-state index in [0.717, 1.165) is 6.42 Å². The Morgan fingerprint density at radius 3 is 2.87 bits per heavy atom. The highest BCUT2D eigenvalue weighted by Gasteiger charge is 2.51. The van der Waals surface area contributed by atoms with E-state index in [1.807, 2.05) is 6.92 Å². The molecule has 3 heteroatoms. The summed E-state index contributed by atoms with van der Waals surface area (Å²) in [5.74, 6) is 0.326. The Bertz CT molecular complexity index is 264. The quantitative estimate of drug-likeness (QED) is 0.718. The Morgan fingerprint density at radius 1 is 1.47 bits per heavy atom. The van der Waals surface area contributed by atoms with Crippen molar-refractivity contribution >= 4 is 0 Å². The van der Waals surface area contributed by atoms with Gasteiger partial charge in [-0.25, -0.2) is 0 Å². The molecule has 0 spiro atoms. The van der Waals surface area contributed by atoms with Gasteiger partial charge in [-0.05, 0) is 0 Å². The van der Waals surface area contributed by atoms with Gasteiger partial charge in [0.25, 0.3) is 0 Å². The van der Waals surface area contributed by atoms with Crippen molar-refractivity contribution in [2.45, 2.75) is 38.1 Å². The van der Waals surface area contributed by atoms with Gasteiger partial charge in [-0.2, -0.15) is 0 Å². The van der Waals surface area contributed by atoms with Gasteiger partial charge in [0.1, 0.15) is 0 Å². The summed E-state index contributed by atoms with van der Waals surface area (Å²) in [6.45, 7) is 4.77. The smallest absolute Gasteiger partial charge is 0.0943 e. The molecular weight excluding hydrogens is 192 g/mol. The largest absolute Gasteiger partial charge is 0.392 e. The molecular formula is C12H20O3. The number of hydrogen-bond acceptors (Lipinski definition) is 3. The van der Waals surface area contributed by atoms with E-state index in [9.17, 15) is 5.11 Å². The monoisotopic (exact) mass is 212 g/mol. The van der Waals surface area contributed by atoms with E-state index in [4.69, 9.17) is 9.47 Å². The second kappa shape index (κ2) is 3.89. The van der Waals surface area contributed by atoms with Crippen LogP contribution in [-0.2, 0) is 9.47 Å². The molecule has 2 rings (SSSR count). The molecule has 2 aliphatic heterocycles. The average molecular weight is 212 g/mol. The molecule has 2 aliphatic rings. The van der Waals surface area contributed by atoms with Crippen molar-refractivity contribution in [3.8, 4) is 0 Å². The molecule has 3 nitrogen and oxygen atoms in total. The van der Waals surface area contributed by atoms with Gasteiger partial charge in [-0.15, -0.1) is 0 Å². The normalized spacial score (nSPS) is 48.5. The fourth-order valence-electron chi connectivity index (χ4n) is 2.70. The molecule has 0 aromatic heterocycles. The van der Waals surface area contributed by atoms with E-state index < -0.39 is 0 Å². The third kappa shape index (κ3) is 1.63. The van der Waals surface area contributed by atoms with Crippen LogP contribution in [0.4, 0.5) is 0 Å². The highest BCUT2D eigenvalue weighted by atomic mass is 16.5. The van der Waals surface area contributed by atoms with E-state index >= 15 is 0 Å². The summed E-state index contributed by atoms with van der Waals surface area (Å²) in [6.07, 6.45) is 4.83. The first-order valence-corrected chi connectivity index (χ1v) is 5.65. The lowest BCUT2D eigenvalue weighted by atomic mass is 9.77. The molecule has 15 heavy (non-hydrogen) atoms. The molecule has 0 saturated carbocycles. The van der Waals surface area contributed by atoms with Gasteiger partial charge in [0.15, 0.2) is 0 Å². The lowest BCUT2D eigenvalue weighted by Crippen LogP contribution is -2.52. The average Bonchev–Trinajstić information content (AvgIpc) is 2.65. The topological polar surface area (TPSA) is 38.7 Å². The van der Waals surface area contributed by atoms with Gasteiger partial charge in [0, 0.05) is 32.0 Å². The van der Waals surface area contributed by atoms with Crippen LogP contribution in [0.1, 0.15) is 20.3 Å². The van der Waals surface area contributed by atoms with E-state index in [-0.39, 0.29) is 29.6 Å². The second-order valence-corrected chi connectivity index (χ2v) is 4.78. The summed E-state index contributed by atoms with van der Waals surface area (Å²) < 4.78 is 11.1. The van der Waals surface area contributed by atoms with Crippen molar-refractivity contribution in [2.75, 3.05) is 13.7 Å². The van der Waals surface area contributed by atoms with Gasteiger partial charge < -0.3 is 14.6 Å². The minimum absolute atomic E-state index is 0.0769. The maximum Gasteiger partial charge on any atom is 0.0943 e. The van der Waals surface area contributed by atoms with Crippen LogP contribution >= 0.6 is 0 Å². The zero-order valence-electron chi connectivity index (χ0n) is 9.64. The number of hydrogen-bond donors (Lipinski definition) is 1. The molecule has 0 unspecified atom stereocenters. The van der Waals surface area contributed by atoms with Gasteiger partial charge >= 0.3 is 0 Å². The fourth-order valence-corrected chi connectivity index (χ4v) is 2.70. The van der Waals surface area contributed by atoms with Crippen molar-refractivity contribution in [3.63, 3.8) is 0 Å². The summed E-state index contributed by atoms with van der Waals surface area (Å²) in [6, 6.07) is 0. The Labute approximate surface area is 91.1 Å². The third-order valence-electron chi connectivity index (χ3n) is 3.96. The van der Waals surface area contributed by atoms with Crippen molar-refractivity contribution in [2.24, 2.45) is 11.8 Å². The molecule has 1 fully saturated rings. The number of rotatable bonds is 3. The Balaban J connectivity index is 2.16. The summed E-state index contributed by atoms with van der Waals surface area (Å²) in [5.41, 5.74) is -0.299. The Hall–Kier alpha value is -0.380. The van der Waals surface area contributed by atoms with Crippen LogP contribution in [0.25, 0.3) is 0 Å². The lowest BCUT2D eigenvalue weighted by Gasteiger charge is -2.45. The molecule has 0 amide bonds. The van der Waals surface area contributed by atoms with Crippen LogP contribution in [0, 0.1) is 11.8 Å². The zero-order chi connectivity index (χ0) is 11.1. The first-order chi connectivity index (χ1) is 7.10. The number of ether oxygens (including phenoxy) is 2. The van der Waals surface area contributed by atoms with E-state index in [2.05, 4.69) is 19.1 Å². The maximum atomic E-state index is 10.1. The van der Waals surface area contributed by atoms with Crippen molar-refractivity contribution in [3.05, 3.63) is 12.2 Å². The van der Waals surface area contributed by atoms with E-state index in [1.165, 1.54) is 0 Å². The van der Waals surface area contributed by atoms with Crippen LogP contribution in [-0.4, -0.2) is 36.6 Å². The molecule has 0 aromatic rings. The predicted octanol–water partition coefficient (Wildman–Crippen LogP) is 1.36. The molecule has 1 saturated heterocycles. The molecule has 0 aliphatic carbocycles. The van der Waals surface area contributed by atoms with Crippen LogP contribution < -0.4 is 0 Å². The minimum Gasteiger partial charge on any atom is -0.392 e. The number of aliphatic hydroxyl groups is 1. The molecule has 0 radical (unpaired) electrons. The molecule has 2 heterocycles. The summed E-state index contributed by atoms with van der Waals surface area (Å²) in [7, 11) is 1.69. The standard InChI is InChI=1S/C12H20O3/c1-8-10-4-5-12(15-10,6-7-14-3)9(2)11(8)13/h4-5,8-11,13H,6-7H2,1-3H3/t8-,9-,10+,11-,12+/m0/s1. The van der Waals surface area contributed by atoms with Crippen molar-refractivity contribution < 1.29 is 14.6 Å². The first kappa shape index (κ1) is 11.1. The summed E-state index contributed by atoms with van der Waals surface area (Å²) in [5, 5.41) is 10.1. The Morgan fingerprint density at radius 2 is 2.20 bits per heavy atom.